The highest BCUT2D eigenvalue weighted by Crippen LogP contribution is 2.35. The minimum absolute atomic E-state index is 0.0541. The number of hydrogen-bond acceptors (Lipinski definition) is 6. The monoisotopic (exact) mass is 444 g/mol. The van der Waals surface area contributed by atoms with Gasteiger partial charge in [-0.1, -0.05) is 0 Å². The van der Waals surface area contributed by atoms with Gasteiger partial charge in [-0.25, -0.2) is 4.39 Å². The number of imide groups is 1. The van der Waals surface area contributed by atoms with Crippen LogP contribution in [0, 0.1) is 11.7 Å². The van der Waals surface area contributed by atoms with E-state index >= 15 is 4.39 Å². The van der Waals surface area contributed by atoms with Crippen LogP contribution in [0.5, 0.6) is 0 Å². The van der Waals surface area contributed by atoms with E-state index in [2.05, 4.69) is 15.1 Å². The summed E-state index contributed by atoms with van der Waals surface area (Å²) in [5.41, 5.74) is 1.18. The lowest BCUT2D eigenvalue weighted by Gasteiger charge is -2.37. The zero-order valence-electron chi connectivity index (χ0n) is 19.2. The summed E-state index contributed by atoms with van der Waals surface area (Å²) in [5, 5.41) is 3.89. The lowest BCUT2D eigenvalue weighted by molar-refractivity contribution is -0.136. The van der Waals surface area contributed by atoms with Gasteiger partial charge in [0.05, 0.1) is 12.2 Å². The van der Waals surface area contributed by atoms with Gasteiger partial charge in [-0.15, -0.1) is 0 Å². The summed E-state index contributed by atoms with van der Waals surface area (Å²) < 4.78 is 23.2. The Morgan fingerprint density at radius 3 is 2.53 bits per heavy atom. The number of benzene rings is 1. The van der Waals surface area contributed by atoms with Gasteiger partial charge in [0.15, 0.2) is 5.82 Å². The lowest BCUT2D eigenvalue weighted by Crippen LogP contribution is -2.52. The molecule has 32 heavy (non-hydrogen) atoms. The zero-order valence-corrected chi connectivity index (χ0v) is 18.2. The highest BCUT2D eigenvalue weighted by molar-refractivity contribution is 6.05. The second-order valence-corrected chi connectivity index (χ2v) is 9.23. The Morgan fingerprint density at radius 1 is 1.06 bits per heavy atom. The molecule has 3 amide bonds. The van der Waals surface area contributed by atoms with Crippen LogP contribution in [0.15, 0.2) is 12.1 Å². The standard InChI is InChI=1S/C23H30FN5O3/c24-21-17-14-29(19-3-4-20(30)26-22(19)31)23(32)16(17)1-2-18(21)28-9-5-15(6-10-28)13-27-11-7-25-8-12-27/h1-2,15,19,25H,3-14H2,(H,26,30,31)/i/hD. The molecule has 0 radical (unpaired) electrons. The molecule has 3 saturated heterocycles. The highest BCUT2D eigenvalue weighted by Gasteiger charge is 2.41. The molecule has 172 valence electrons. The van der Waals surface area contributed by atoms with Gasteiger partial charge in [-0.2, -0.15) is 0 Å². The van der Waals surface area contributed by atoms with E-state index in [1.165, 1.54) is 4.90 Å². The quantitative estimate of drug-likeness (QED) is 0.666. The first-order valence-electron chi connectivity index (χ1n) is 12.0. The van der Waals surface area contributed by atoms with Crippen molar-refractivity contribution in [2.24, 2.45) is 5.92 Å². The van der Waals surface area contributed by atoms with Gasteiger partial charge in [0, 0.05) is 63.4 Å². The number of piperazine rings is 1. The van der Waals surface area contributed by atoms with Crippen LogP contribution in [-0.4, -0.2) is 79.4 Å². The van der Waals surface area contributed by atoms with Crippen molar-refractivity contribution in [3.05, 3.63) is 29.1 Å². The Kier molecular flexibility index (Phi) is 5.52. The number of piperidine rings is 2. The van der Waals surface area contributed by atoms with Crippen LogP contribution < -0.4 is 15.5 Å². The Hall–Kier alpha value is -2.52. The van der Waals surface area contributed by atoms with Gasteiger partial charge in [-0.3, -0.25) is 19.7 Å². The van der Waals surface area contributed by atoms with Gasteiger partial charge in [0.25, 0.3) is 5.91 Å². The normalized spacial score (nSPS) is 26.3. The van der Waals surface area contributed by atoms with E-state index < -0.39 is 11.9 Å². The molecule has 4 aliphatic rings. The molecule has 1 atom stereocenters. The minimum atomic E-state index is -0.738. The number of halogens is 1. The number of amides is 3. The molecule has 0 bridgehead atoms. The van der Waals surface area contributed by atoms with Crippen LogP contribution in [0.3, 0.4) is 0 Å². The summed E-state index contributed by atoms with van der Waals surface area (Å²) in [6.45, 7) is 6.05. The second-order valence-electron chi connectivity index (χ2n) is 9.23. The summed E-state index contributed by atoms with van der Waals surface area (Å²) in [7, 11) is 0. The SMILES string of the molecule is [2H]N1CCN(CC2CCN(c3ccc4c(c3F)CN(C3CCC(=O)NC3=O)C4=O)CC2)CC1. The van der Waals surface area contributed by atoms with E-state index in [9.17, 15) is 14.4 Å². The molecule has 0 spiro atoms. The molecule has 0 aliphatic carbocycles. The van der Waals surface area contributed by atoms with E-state index in [4.69, 9.17) is 1.41 Å². The number of nitrogens with one attached hydrogen (secondary N) is 2. The predicted molar refractivity (Wildman–Crippen MR) is 117 cm³/mol. The molecule has 2 N–H and O–H groups in total. The second kappa shape index (κ2) is 8.78. The van der Waals surface area contributed by atoms with Crippen molar-refractivity contribution in [2.45, 2.75) is 38.3 Å². The largest absolute Gasteiger partial charge is 0.369 e. The van der Waals surface area contributed by atoms with E-state index in [1.807, 2.05) is 0 Å². The van der Waals surface area contributed by atoms with Crippen molar-refractivity contribution in [3.8, 4) is 0 Å². The Labute approximate surface area is 188 Å². The fourth-order valence-electron chi connectivity index (χ4n) is 5.39. The van der Waals surface area contributed by atoms with Crippen molar-refractivity contribution in [1.29, 1.82) is 0 Å². The van der Waals surface area contributed by atoms with Gasteiger partial charge in [0.2, 0.25) is 11.8 Å². The number of carbonyl (C=O) groups excluding carboxylic acids is 3. The Morgan fingerprint density at radius 2 is 1.81 bits per heavy atom. The molecule has 9 heteroatoms. The first kappa shape index (κ1) is 20.1. The Balaban J connectivity index is 1.23. The van der Waals surface area contributed by atoms with Gasteiger partial charge in [-0.05, 0) is 37.3 Å². The maximum Gasteiger partial charge on any atom is 0.255 e. The third-order valence-electron chi connectivity index (χ3n) is 7.25. The van der Waals surface area contributed by atoms with Gasteiger partial charge in [0.1, 0.15) is 7.45 Å². The maximum atomic E-state index is 15.5. The van der Waals surface area contributed by atoms with Crippen molar-refractivity contribution >= 4 is 23.4 Å². The summed E-state index contributed by atoms with van der Waals surface area (Å²) in [6, 6.07) is 2.63. The molecule has 1 aromatic rings. The summed E-state index contributed by atoms with van der Waals surface area (Å²) in [6.07, 6.45) is 2.42. The van der Waals surface area contributed by atoms with E-state index in [1.54, 1.807) is 17.4 Å². The molecule has 4 heterocycles. The smallest absolute Gasteiger partial charge is 0.255 e. The maximum absolute atomic E-state index is 15.5. The summed E-state index contributed by atoms with van der Waals surface area (Å²) >= 11 is 0. The van der Waals surface area contributed by atoms with Crippen LogP contribution in [0.1, 0.15) is 41.6 Å². The summed E-state index contributed by atoms with van der Waals surface area (Å²) in [4.78, 5) is 42.4. The van der Waals surface area contributed by atoms with Crippen molar-refractivity contribution in [3.63, 3.8) is 0 Å². The zero-order chi connectivity index (χ0) is 23.1. The van der Waals surface area contributed by atoms with Crippen LogP contribution in [-0.2, 0) is 16.1 Å². The number of fused-ring (bicyclic) bond motifs is 1. The topological polar surface area (TPSA) is 85.0 Å². The third kappa shape index (κ3) is 3.99. The molecular formula is C23H30FN5O3. The lowest BCUT2D eigenvalue weighted by atomic mass is 9.95. The average molecular weight is 445 g/mol. The molecule has 5 rings (SSSR count). The van der Waals surface area contributed by atoms with Crippen LogP contribution >= 0.6 is 0 Å². The summed E-state index contributed by atoms with van der Waals surface area (Å²) in [5.74, 6) is -0.979. The van der Waals surface area contributed by atoms with E-state index in [0.717, 1.165) is 58.7 Å². The Bertz CT molecular complexity index is 960. The highest BCUT2D eigenvalue weighted by atomic mass is 19.1. The van der Waals surface area contributed by atoms with E-state index in [-0.39, 0.29) is 37.0 Å². The fraction of sp³-hybridized carbons (Fsp3) is 0.609. The average Bonchev–Trinajstić information content (AvgIpc) is 3.13. The first-order chi connectivity index (χ1) is 15.9. The van der Waals surface area contributed by atoms with Crippen LogP contribution in [0.25, 0.3) is 0 Å². The van der Waals surface area contributed by atoms with E-state index in [0.29, 0.717) is 22.7 Å². The predicted octanol–water partition coefficient (Wildman–Crippen LogP) is 0.708. The molecule has 8 nitrogen and oxygen atoms in total. The van der Waals surface area contributed by atoms with Crippen LogP contribution in [0.2, 0.25) is 1.41 Å². The van der Waals surface area contributed by atoms with Gasteiger partial charge >= 0.3 is 0 Å². The molecule has 0 aromatic heterocycles. The fourth-order valence-corrected chi connectivity index (χ4v) is 5.39. The molecule has 0 saturated carbocycles. The van der Waals surface area contributed by atoms with Crippen LogP contribution in [0.4, 0.5) is 10.1 Å². The number of carbonyl (C=O) groups is 3. The molecule has 1 unspecified atom stereocenters. The molecule has 3 fully saturated rings. The van der Waals surface area contributed by atoms with Crippen molar-refractivity contribution in [1.82, 2.24) is 20.4 Å². The molecule has 1 aromatic carbocycles. The first-order valence-corrected chi connectivity index (χ1v) is 11.6. The molecular weight excluding hydrogens is 413 g/mol. The molecule has 4 aliphatic heterocycles. The number of nitrogens with zero attached hydrogens (tertiary/aromatic N) is 3. The van der Waals surface area contributed by atoms with Crippen molar-refractivity contribution in [2.75, 3.05) is 50.7 Å². The number of hydrogen-bond donors (Lipinski definition) is 2. The number of anilines is 1. The third-order valence-corrected chi connectivity index (χ3v) is 7.25. The number of rotatable bonds is 4. The minimum Gasteiger partial charge on any atom is -0.369 e. The van der Waals surface area contributed by atoms with Gasteiger partial charge < -0.3 is 20.0 Å². The van der Waals surface area contributed by atoms with Crippen molar-refractivity contribution < 1.29 is 20.2 Å².